The molecule has 0 heterocycles. The van der Waals surface area contributed by atoms with E-state index in [1.165, 1.54) is 23.9 Å². The van der Waals surface area contributed by atoms with E-state index in [-0.39, 0.29) is 11.4 Å². The third-order valence-electron chi connectivity index (χ3n) is 2.65. The second-order valence-corrected chi connectivity index (χ2v) is 5.05. The minimum atomic E-state index is -0.523. The van der Waals surface area contributed by atoms with E-state index in [9.17, 15) is 19.3 Å². The molecular formula is C14H10FNO3S. The predicted octanol–water partition coefficient (Wildman–Crippen LogP) is 3.84. The van der Waals surface area contributed by atoms with Gasteiger partial charge in [0.2, 0.25) is 0 Å². The molecule has 0 radical (unpaired) electrons. The van der Waals surface area contributed by atoms with E-state index in [0.717, 1.165) is 17.2 Å². The van der Waals surface area contributed by atoms with Crippen LogP contribution in [0.5, 0.6) is 0 Å². The Labute approximate surface area is 118 Å². The van der Waals surface area contributed by atoms with Crippen molar-refractivity contribution in [3.8, 4) is 0 Å². The SMILES string of the molecule is O=Cc1ccc(SCc2cc(F)ccc2[N+](=O)[O-])cc1. The molecule has 4 nitrogen and oxygen atoms in total. The molecule has 0 saturated heterocycles. The zero-order valence-corrected chi connectivity index (χ0v) is 11.1. The van der Waals surface area contributed by atoms with Gasteiger partial charge in [-0.3, -0.25) is 14.9 Å². The summed E-state index contributed by atoms with van der Waals surface area (Å²) in [5.41, 5.74) is 0.800. The number of nitro benzene ring substituents is 1. The molecule has 0 bridgehead atoms. The number of hydrogen-bond acceptors (Lipinski definition) is 4. The maximum Gasteiger partial charge on any atom is 0.273 e. The highest BCUT2D eigenvalue weighted by Crippen LogP contribution is 2.28. The molecule has 0 N–H and O–H groups in total. The molecule has 0 spiro atoms. The number of thioether (sulfide) groups is 1. The normalized spacial score (nSPS) is 10.2. The van der Waals surface area contributed by atoms with Gasteiger partial charge in [-0.05, 0) is 24.3 Å². The van der Waals surface area contributed by atoms with Gasteiger partial charge in [0.25, 0.3) is 5.69 Å². The Morgan fingerprint density at radius 1 is 1.20 bits per heavy atom. The number of halogens is 1. The average Bonchev–Trinajstić information content (AvgIpc) is 2.45. The number of carbonyl (C=O) groups excluding carboxylic acids is 1. The predicted molar refractivity (Wildman–Crippen MR) is 74.4 cm³/mol. The summed E-state index contributed by atoms with van der Waals surface area (Å²) in [7, 11) is 0. The van der Waals surface area contributed by atoms with Crippen molar-refractivity contribution in [1.29, 1.82) is 0 Å². The van der Waals surface area contributed by atoms with Crippen LogP contribution in [-0.2, 0) is 5.75 Å². The summed E-state index contributed by atoms with van der Waals surface area (Å²) in [6.07, 6.45) is 0.742. The Morgan fingerprint density at radius 3 is 2.50 bits per heavy atom. The van der Waals surface area contributed by atoms with Gasteiger partial charge >= 0.3 is 0 Å². The van der Waals surface area contributed by atoms with E-state index in [4.69, 9.17) is 0 Å². The van der Waals surface area contributed by atoms with Crippen molar-refractivity contribution < 1.29 is 14.1 Å². The molecule has 0 unspecified atom stereocenters. The van der Waals surface area contributed by atoms with Gasteiger partial charge in [-0.15, -0.1) is 11.8 Å². The summed E-state index contributed by atoms with van der Waals surface area (Å²) in [6.45, 7) is 0. The van der Waals surface area contributed by atoms with Gasteiger partial charge in [0.05, 0.1) is 4.92 Å². The fraction of sp³-hybridized carbons (Fsp3) is 0.0714. The summed E-state index contributed by atoms with van der Waals surface area (Å²) < 4.78 is 13.2. The molecular weight excluding hydrogens is 281 g/mol. The Hall–Kier alpha value is -2.21. The van der Waals surface area contributed by atoms with E-state index in [0.29, 0.717) is 11.1 Å². The molecule has 0 fully saturated rings. The molecule has 0 amide bonds. The highest BCUT2D eigenvalue weighted by atomic mass is 32.2. The van der Waals surface area contributed by atoms with Crippen LogP contribution in [0.3, 0.4) is 0 Å². The molecule has 2 rings (SSSR count). The van der Waals surface area contributed by atoms with Gasteiger partial charge in [0.15, 0.2) is 0 Å². The van der Waals surface area contributed by atoms with Gasteiger partial charge in [0, 0.05) is 27.8 Å². The van der Waals surface area contributed by atoms with E-state index < -0.39 is 10.7 Å². The number of benzene rings is 2. The zero-order valence-electron chi connectivity index (χ0n) is 10.3. The summed E-state index contributed by atoms with van der Waals surface area (Å²) in [5, 5.41) is 10.9. The van der Waals surface area contributed by atoms with Gasteiger partial charge in [-0.2, -0.15) is 0 Å². The van der Waals surface area contributed by atoms with Crippen LogP contribution in [0.2, 0.25) is 0 Å². The number of aldehydes is 1. The van der Waals surface area contributed by atoms with Crippen molar-refractivity contribution in [2.75, 3.05) is 0 Å². The van der Waals surface area contributed by atoms with E-state index in [2.05, 4.69) is 0 Å². The largest absolute Gasteiger partial charge is 0.298 e. The quantitative estimate of drug-likeness (QED) is 0.363. The zero-order chi connectivity index (χ0) is 14.5. The highest BCUT2D eigenvalue weighted by molar-refractivity contribution is 7.98. The lowest BCUT2D eigenvalue weighted by Gasteiger charge is -2.04. The minimum Gasteiger partial charge on any atom is -0.298 e. The smallest absolute Gasteiger partial charge is 0.273 e. The van der Waals surface area contributed by atoms with E-state index >= 15 is 0 Å². The van der Waals surface area contributed by atoms with E-state index in [1.54, 1.807) is 24.3 Å². The average molecular weight is 291 g/mol. The van der Waals surface area contributed by atoms with Crippen LogP contribution in [0.1, 0.15) is 15.9 Å². The highest BCUT2D eigenvalue weighted by Gasteiger charge is 2.14. The molecule has 0 atom stereocenters. The maximum absolute atomic E-state index is 13.2. The lowest BCUT2D eigenvalue weighted by Crippen LogP contribution is -1.95. The summed E-state index contributed by atoms with van der Waals surface area (Å²) >= 11 is 1.35. The standard InChI is InChI=1S/C14H10FNO3S/c15-12-3-6-14(16(18)19)11(7-12)9-20-13-4-1-10(8-17)2-5-13/h1-8H,9H2. The van der Waals surface area contributed by atoms with Gasteiger partial charge in [-0.25, -0.2) is 4.39 Å². The minimum absolute atomic E-state index is 0.0941. The van der Waals surface area contributed by atoms with Crippen molar-refractivity contribution in [3.05, 3.63) is 69.5 Å². The molecule has 0 aliphatic carbocycles. The maximum atomic E-state index is 13.2. The van der Waals surface area contributed by atoms with Crippen LogP contribution in [0.4, 0.5) is 10.1 Å². The number of hydrogen-bond donors (Lipinski definition) is 0. The van der Waals surface area contributed by atoms with Gasteiger partial charge < -0.3 is 0 Å². The molecule has 0 aliphatic heterocycles. The van der Waals surface area contributed by atoms with Crippen LogP contribution >= 0.6 is 11.8 Å². The molecule has 20 heavy (non-hydrogen) atoms. The van der Waals surface area contributed by atoms with Crippen molar-refractivity contribution in [2.24, 2.45) is 0 Å². The fourth-order valence-electron chi connectivity index (χ4n) is 1.65. The molecule has 2 aromatic carbocycles. The Bertz CT molecular complexity index is 643. The summed E-state index contributed by atoms with van der Waals surface area (Å²) in [5.74, 6) is -0.211. The fourth-order valence-corrected chi connectivity index (χ4v) is 2.53. The number of nitro groups is 1. The molecule has 6 heteroatoms. The first-order valence-corrected chi connectivity index (χ1v) is 6.69. The summed E-state index contributed by atoms with van der Waals surface area (Å²) in [6, 6.07) is 10.2. The van der Waals surface area contributed by atoms with Crippen LogP contribution in [0.15, 0.2) is 47.4 Å². The topological polar surface area (TPSA) is 60.2 Å². The second kappa shape index (κ2) is 6.29. The molecule has 2 aromatic rings. The number of carbonyl (C=O) groups is 1. The Kier molecular flexibility index (Phi) is 4.47. The first kappa shape index (κ1) is 14.2. The van der Waals surface area contributed by atoms with Gasteiger partial charge in [-0.1, -0.05) is 12.1 Å². The van der Waals surface area contributed by atoms with Crippen LogP contribution in [0, 0.1) is 15.9 Å². The third kappa shape index (κ3) is 3.42. The molecule has 0 saturated carbocycles. The van der Waals surface area contributed by atoms with Crippen molar-refractivity contribution in [1.82, 2.24) is 0 Å². The number of nitrogens with zero attached hydrogens (tertiary/aromatic N) is 1. The van der Waals surface area contributed by atoms with Crippen molar-refractivity contribution >= 4 is 23.7 Å². The van der Waals surface area contributed by atoms with Crippen molar-refractivity contribution in [3.63, 3.8) is 0 Å². The molecule has 0 aliphatic rings. The second-order valence-electron chi connectivity index (χ2n) is 4.01. The Balaban J connectivity index is 2.15. The molecule has 0 aromatic heterocycles. The van der Waals surface area contributed by atoms with Crippen molar-refractivity contribution in [2.45, 2.75) is 10.6 Å². The monoisotopic (exact) mass is 291 g/mol. The number of rotatable bonds is 5. The van der Waals surface area contributed by atoms with Crippen LogP contribution in [0.25, 0.3) is 0 Å². The van der Waals surface area contributed by atoms with Crippen LogP contribution < -0.4 is 0 Å². The third-order valence-corrected chi connectivity index (χ3v) is 3.71. The lowest BCUT2D eigenvalue weighted by atomic mass is 10.2. The Morgan fingerprint density at radius 2 is 1.90 bits per heavy atom. The van der Waals surface area contributed by atoms with Crippen LogP contribution in [-0.4, -0.2) is 11.2 Å². The summed E-state index contributed by atoms with van der Waals surface area (Å²) in [4.78, 5) is 21.7. The van der Waals surface area contributed by atoms with Gasteiger partial charge in [0.1, 0.15) is 12.1 Å². The first-order valence-electron chi connectivity index (χ1n) is 5.71. The lowest BCUT2D eigenvalue weighted by molar-refractivity contribution is -0.385. The first-order chi connectivity index (χ1) is 9.60. The van der Waals surface area contributed by atoms with E-state index in [1.807, 2.05) is 0 Å². The molecule has 102 valence electrons.